The van der Waals surface area contributed by atoms with Crippen molar-refractivity contribution in [3.05, 3.63) is 85.1 Å². The second-order valence-corrected chi connectivity index (χ2v) is 23.8. The molecule has 0 heterocycles. The molecule has 0 aliphatic heterocycles. The Bertz CT molecular complexity index is 1550. The average molecular weight is 1140 g/mol. The largest absolute Gasteiger partial charge is 0.462 e. The zero-order valence-corrected chi connectivity index (χ0v) is 54.5. The van der Waals surface area contributed by atoms with Crippen LogP contribution >= 0.6 is 0 Å². The van der Waals surface area contributed by atoms with Crippen molar-refractivity contribution >= 4 is 17.9 Å². The summed E-state index contributed by atoms with van der Waals surface area (Å²) >= 11 is 0. The highest BCUT2D eigenvalue weighted by Crippen LogP contribution is 2.18. The van der Waals surface area contributed by atoms with E-state index in [0.717, 1.165) is 109 Å². The molecule has 0 aromatic rings. The number of rotatable bonds is 65. The van der Waals surface area contributed by atoms with Gasteiger partial charge in [0.1, 0.15) is 13.2 Å². The normalized spacial score (nSPS) is 12.6. The predicted molar refractivity (Wildman–Crippen MR) is 358 cm³/mol. The number of carbonyl (C=O) groups is 3. The van der Waals surface area contributed by atoms with Crippen molar-refractivity contribution in [3.63, 3.8) is 0 Å². The fourth-order valence-electron chi connectivity index (χ4n) is 10.4. The van der Waals surface area contributed by atoms with Gasteiger partial charge in [0.2, 0.25) is 0 Å². The van der Waals surface area contributed by atoms with Crippen LogP contribution < -0.4 is 0 Å². The summed E-state index contributed by atoms with van der Waals surface area (Å²) in [7, 11) is 0. The smallest absolute Gasteiger partial charge is 0.306 e. The molecule has 0 bridgehead atoms. The van der Waals surface area contributed by atoms with Gasteiger partial charge in [0.15, 0.2) is 6.10 Å². The quantitative estimate of drug-likeness (QED) is 0.0261. The molecule has 6 heteroatoms. The summed E-state index contributed by atoms with van der Waals surface area (Å²) in [5.41, 5.74) is 0. The molecule has 0 spiro atoms. The monoisotopic (exact) mass is 1140 g/mol. The van der Waals surface area contributed by atoms with Crippen LogP contribution in [0.5, 0.6) is 0 Å². The molecule has 0 aromatic carbocycles. The fraction of sp³-hybridized carbons (Fsp3) is 0.776. The molecule has 0 radical (unpaired) electrons. The van der Waals surface area contributed by atoms with Gasteiger partial charge in [-0.1, -0.05) is 350 Å². The minimum Gasteiger partial charge on any atom is -0.462 e. The summed E-state index contributed by atoms with van der Waals surface area (Å²) in [5, 5.41) is 0. The van der Waals surface area contributed by atoms with E-state index in [9.17, 15) is 14.4 Å². The molecule has 474 valence electrons. The molecule has 0 saturated carbocycles. The van der Waals surface area contributed by atoms with Gasteiger partial charge in [0.05, 0.1) is 0 Å². The Kier molecular flexibility index (Phi) is 67.2. The summed E-state index contributed by atoms with van der Waals surface area (Å²) in [4.78, 5) is 38.5. The first kappa shape index (κ1) is 78.6. The lowest BCUT2D eigenvalue weighted by Gasteiger charge is -2.18. The average Bonchev–Trinajstić information content (AvgIpc) is 3.47. The fourth-order valence-corrected chi connectivity index (χ4v) is 10.4. The first-order chi connectivity index (χ1) is 40.5. The van der Waals surface area contributed by atoms with Crippen molar-refractivity contribution in [2.75, 3.05) is 13.2 Å². The Morgan fingerprint density at radius 1 is 0.256 bits per heavy atom. The molecule has 0 aromatic heterocycles. The van der Waals surface area contributed by atoms with E-state index in [2.05, 4.69) is 106 Å². The Morgan fingerprint density at radius 2 is 0.476 bits per heavy atom. The maximum atomic E-state index is 13.0. The van der Waals surface area contributed by atoms with Crippen molar-refractivity contribution in [3.8, 4) is 0 Å². The van der Waals surface area contributed by atoms with Gasteiger partial charge >= 0.3 is 17.9 Å². The number of esters is 3. The molecule has 0 saturated heterocycles. The Balaban J connectivity index is 4.37. The number of allylic oxidation sites excluding steroid dienone is 14. The first-order valence-electron chi connectivity index (χ1n) is 35.6. The van der Waals surface area contributed by atoms with Gasteiger partial charge in [-0.05, 0) is 77.0 Å². The van der Waals surface area contributed by atoms with Crippen LogP contribution in [0.15, 0.2) is 85.1 Å². The Morgan fingerprint density at radius 3 is 0.744 bits per heavy atom. The topological polar surface area (TPSA) is 78.9 Å². The molecule has 0 aliphatic rings. The van der Waals surface area contributed by atoms with Crippen LogP contribution in [0.3, 0.4) is 0 Å². The van der Waals surface area contributed by atoms with Gasteiger partial charge < -0.3 is 14.2 Å². The van der Waals surface area contributed by atoms with Gasteiger partial charge in [-0.3, -0.25) is 14.4 Å². The highest BCUT2D eigenvalue weighted by Gasteiger charge is 2.19. The van der Waals surface area contributed by atoms with E-state index in [1.54, 1.807) is 0 Å². The number of hydrogen-bond donors (Lipinski definition) is 0. The van der Waals surface area contributed by atoms with Crippen molar-refractivity contribution in [1.29, 1.82) is 0 Å². The standard InChI is InChI=1S/C76H134O6/c1-4-7-10-13-16-19-22-25-28-30-32-34-36-38-40-41-43-45-48-51-54-57-60-63-66-69-75(78)81-72-73(71-80-74(77)68-65-62-59-56-53-50-47-27-24-21-18-15-12-9-6-3)82-76(79)70-67-64-61-58-55-52-49-46-44-42-39-37-35-33-31-29-26-23-20-17-14-11-8-5-2/h7,10,16,19,25,28,32,34,38,40,43,45,51,54,73H,4-6,8-9,11-15,17-18,20-24,26-27,29-31,33,35-37,39,41-42,44,46-50,52-53,55-72H2,1-3H3/b10-7-,19-16-,28-25-,34-32-,40-38-,45-43-,54-51-. The van der Waals surface area contributed by atoms with Gasteiger partial charge in [-0.25, -0.2) is 0 Å². The third-order valence-corrected chi connectivity index (χ3v) is 15.7. The minimum atomic E-state index is -0.790. The van der Waals surface area contributed by atoms with Crippen molar-refractivity contribution in [2.24, 2.45) is 0 Å². The maximum absolute atomic E-state index is 13.0. The molecule has 0 rings (SSSR count). The summed E-state index contributed by atoms with van der Waals surface area (Å²) in [6.45, 7) is 6.56. The van der Waals surface area contributed by atoms with Crippen LogP contribution in [-0.2, 0) is 28.6 Å². The van der Waals surface area contributed by atoms with Crippen molar-refractivity contribution < 1.29 is 28.6 Å². The van der Waals surface area contributed by atoms with E-state index >= 15 is 0 Å². The van der Waals surface area contributed by atoms with E-state index in [-0.39, 0.29) is 31.1 Å². The lowest BCUT2D eigenvalue weighted by atomic mass is 10.0. The summed E-state index contributed by atoms with van der Waals surface area (Å²) < 4.78 is 17.0. The summed E-state index contributed by atoms with van der Waals surface area (Å²) in [5.74, 6) is -0.894. The van der Waals surface area contributed by atoms with Crippen molar-refractivity contribution in [1.82, 2.24) is 0 Å². The number of ether oxygens (including phenoxy) is 3. The second kappa shape index (κ2) is 70.1. The van der Waals surface area contributed by atoms with Gasteiger partial charge in [0, 0.05) is 19.3 Å². The van der Waals surface area contributed by atoms with E-state index in [0.29, 0.717) is 19.3 Å². The molecular formula is C76H134O6. The van der Waals surface area contributed by atoms with Gasteiger partial charge in [-0.2, -0.15) is 0 Å². The molecule has 82 heavy (non-hydrogen) atoms. The predicted octanol–water partition coefficient (Wildman–Crippen LogP) is 24.6. The number of hydrogen-bond acceptors (Lipinski definition) is 6. The van der Waals surface area contributed by atoms with Crippen LogP contribution in [-0.4, -0.2) is 37.2 Å². The second-order valence-electron chi connectivity index (χ2n) is 23.8. The van der Waals surface area contributed by atoms with E-state index in [1.165, 1.54) is 212 Å². The molecule has 0 amide bonds. The Labute approximate surface area is 509 Å². The Hall–Kier alpha value is -3.41. The van der Waals surface area contributed by atoms with Crippen LogP contribution in [0.1, 0.15) is 361 Å². The van der Waals surface area contributed by atoms with E-state index < -0.39 is 6.10 Å². The van der Waals surface area contributed by atoms with Crippen LogP contribution in [0.4, 0.5) is 0 Å². The lowest BCUT2D eigenvalue weighted by Crippen LogP contribution is -2.30. The molecule has 6 nitrogen and oxygen atoms in total. The number of unbranched alkanes of at least 4 members (excludes halogenated alkanes) is 40. The van der Waals surface area contributed by atoms with E-state index in [1.807, 2.05) is 0 Å². The summed E-state index contributed by atoms with van der Waals surface area (Å²) in [6.07, 6.45) is 93.2. The van der Waals surface area contributed by atoms with E-state index in [4.69, 9.17) is 14.2 Å². The minimum absolute atomic E-state index is 0.0824. The van der Waals surface area contributed by atoms with Crippen molar-refractivity contribution in [2.45, 2.75) is 367 Å². The third-order valence-electron chi connectivity index (χ3n) is 15.7. The molecule has 0 N–H and O–H groups in total. The SMILES string of the molecule is CC/C=C\C/C=C\C/C=C\C/C=C\C/C=C\C/C=C\C/C=C\CCCCCC(=O)OCC(COC(=O)CCCCCCCCCCCCCCCCC)OC(=O)CCCCCCCCCCCCCCCCCCCCCCCCCC. The van der Waals surface area contributed by atoms with Crippen LogP contribution in [0.2, 0.25) is 0 Å². The highest BCUT2D eigenvalue weighted by molar-refractivity contribution is 5.71. The molecule has 1 atom stereocenters. The zero-order chi connectivity index (χ0) is 59.2. The highest BCUT2D eigenvalue weighted by atomic mass is 16.6. The lowest BCUT2D eigenvalue weighted by molar-refractivity contribution is -0.167. The molecular weight excluding hydrogens is 1010 g/mol. The third kappa shape index (κ3) is 67.4. The van der Waals surface area contributed by atoms with Gasteiger partial charge in [-0.15, -0.1) is 0 Å². The first-order valence-corrected chi connectivity index (χ1v) is 35.6. The maximum Gasteiger partial charge on any atom is 0.306 e. The zero-order valence-electron chi connectivity index (χ0n) is 54.5. The number of carbonyl (C=O) groups excluding carboxylic acids is 3. The van der Waals surface area contributed by atoms with Crippen LogP contribution in [0.25, 0.3) is 0 Å². The van der Waals surface area contributed by atoms with Gasteiger partial charge in [0.25, 0.3) is 0 Å². The molecule has 0 fully saturated rings. The summed E-state index contributed by atoms with van der Waals surface area (Å²) in [6, 6.07) is 0. The van der Waals surface area contributed by atoms with Crippen LogP contribution in [0, 0.1) is 0 Å². The molecule has 1 unspecified atom stereocenters. The molecule has 0 aliphatic carbocycles.